The molecular weight excluding hydrogens is 419 g/mol. The Labute approximate surface area is 134 Å². The molecule has 0 radical (unpaired) electrons. The van der Waals surface area contributed by atoms with Crippen LogP contribution in [0.5, 0.6) is 0 Å². The summed E-state index contributed by atoms with van der Waals surface area (Å²) in [6.45, 7) is 0. The first-order valence-corrected chi connectivity index (χ1v) is 7.01. The Bertz CT molecular complexity index is 674. The smallest absolute Gasteiger partial charge is 0.305 e. The summed E-state index contributed by atoms with van der Waals surface area (Å²) in [7, 11) is 0. The molecule has 0 atom stereocenters. The van der Waals surface area contributed by atoms with Crippen molar-refractivity contribution in [2.75, 3.05) is 5.32 Å². The van der Waals surface area contributed by atoms with E-state index in [0.29, 0.717) is 4.60 Å². The number of anilines is 1. The van der Waals surface area contributed by atoms with Gasteiger partial charge in [0.15, 0.2) is 5.82 Å². The Hall–Kier alpha value is -1.48. The summed E-state index contributed by atoms with van der Waals surface area (Å²) in [5, 5.41) is 2.27. The van der Waals surface area contributed by atoms with Crippen molar-refractivity contribution in [3.63, 3.8) is 0 Å². The van der Waals surface area contributed by atoms with E-state index in [1.165, 1.54) is 18.5 Å². The Morgan fingerprint density at radius 1 is 1.14 bits per heavy atom. The fourth-order valence-corrected chi connectivity index (χ4v) is 2.08. The standard InChI is InChI=1S/C12H6Br2F3N3O/c13-6-1-2-7(8(3-6)12(15,16)17)11(21)20-10-5-18-9(14)4-19-10/h1-5H,(H,19,20,21). The van der Waals surface area contributed by atoms with E-state index in [9.17, 15) is 18.0 Å². The maximum atomic E-state index is 12.9. The molecule has 2 aromatic rings. The van der Waals surface area contributed by atoms with Crippen LogP contribution in [-0.4, -0.2) is 15.9 Å². The fraction of sp³-hybridized carbons (Fsp3) is 0.0833. The summed E-state index contributed by atoms with van der Waals surface area (Å²) in [5.74, 6) is -0.856. The average Bonchev–Trinajstić information content (AvgIpc) is 2.40. The third kappa shape index (κ3) is 4.01. The number of hydrogen-bond acceptors (Lipinski definition) is 3. The predicted octanol–water partition coefficient (Wildman–Crippen LogP) is 4.27. The van der Waals surface area contributed by atoms with Gasteiger partial charge in [-0.2, -0.15) is 13.2 Å². The van der Waals surface area contributed by atoms with Gasteiger partial charge in [0.05, 0.1) is 23.5 Å². The molecule has 1 aromatic carbocycles. The number of benzene rings is 1. The SMILES string of the molecule is O=C(Nc1cnc(Br)cn1)c1ccc(Br)cc1C(F)(F)F. The summed E-state index contributed by atoms with van der Waals surface area (Å²) in [6, 6.07) is 3.30. The lowest BCUT2D eigenvalue weighted by Crippen LogP contribution is -2.19. The first kappa shape index (κ1) is 15.9. The second-order valence-corrected chi connectivity index (χ2v) is 5.59. The normalized spacial score (nSPS) is 11.3. The molecule has 1 heterocycles. The summed E-state index contributed by atoms with van der Waals surface area (Å²) in [6.07, 6.45) is -2.09. The molecule has 0 fully saturated rings. The molecular formula is C12H6Br2F3N3O. The van der Waals surface area contributed by atoms with Crippen LogP contribution >= 0.6 is 31.9 Å². The van der Waals surface area contributed by atoms with E-state index >= 15 is 0 Å². The zero-order valence-corrected chi connectivity index (χ0v) is 13.3. The second-order valence-electron chi connectivity index (χ2n) is 3.87. The summed E-state index contributed by atoms with van der Waals surface area (Å²) < 4.78 is 39.5. The molecule has 0 aliphatic carbocycles. The molecule has 0 bridgehead atoms. The molecule has 0 saturated carbocycles. The molecule has 0 unspecified atom stereocenters. The quantitative estimate of drug-likeness (QED) is 0.783. The van der Waals surface area contributed by atoms with Gasteiger partial charge in [-0.3, -0.25) is 4.79 Å². The van der Waals surface area contributed by atoms with E-state index < -0.39 is 23.2 Å². The number of aromatic nitrogens is 2. The topological polar surface area (TPSA) is 54.9 Å². The number of halogens is 5. The van der Waals surface area contributed by atoms with Crippen LogP contribution < -0.4 is 5.32 Å². The van der Waals surface area contributed by atoms with Crippen LogP contribution in [0.4, 0.5) is 19.0 Å². The Morgan fingerprint density at radius 2 is 1.86 bits per heavy atom. The van der Waals surface area contributed by atoms with Crippen LogP contribution in [0.3, 0.4) is 0 Å². The van der Waals surface area contributed by atoms with Gasteiger partial charge in [-0.15, -0.1) is 0 Å². The van der Waals surface area contributed by atoms with Crippen molar-refractivity contribution in [2.24, 2.45) is 0 Å². The largest absolute Gasteiger partial charge is 0.417 e. The van der Waals surface area contributed by atoms with Gasteiger partial charge in [-0.05, 0) is 34.1 Å². The number of rotatable bonds is 2. The Morgan fingerprint density at radius 3 is 2.43 bits per heavy atom. The van der Waals surface area contributed by atoms with Crippen LogP contribution in [0, 0.1) is 0 Å². The van der Waals surface area contributed by atoms with Crippen LogP contribution in [-0.2, 0) is 6.18 Å². The molecule has 0 spiro atoms. The number of carbonyl (C=O) groups excluding carboxylic acids is 1. The third-order valence-electron chi connectivity index (χ3n) is 2.39. The first-order chi connectivity index (χ1) is 9.77. The highest BCUT2D eigenvalue weighted by atomic mass is 79.9. The first-order valence-electron chi connectivity index (χ1n) is 5.43. The Kier molecular flexibility index (Phi) is 4.62. The van der Waals surface area contributed by atoms with Gasteiger partial charge in [0.25, 0.3) is 5.91 Å². The van der Waals surface area contributed by atoms with Gasteiger partial charge in [0.2, 0.25) is 0 Å². The minimum Gasteiger partial charge on any atom is -0.305 e. The molecule has 1 N–H and O–H groups in total. The van der Waals surface area contributed by atoms with Crippen molar-refractivity contribution in [3.05, 3.63) is 50.8 Å². The van der Waals surface area contributed by atoms with Crippen LogP contribution in [0.1, 0.15) is 15.9 Å². The maximum absolute atomic E-state index is 12.9. The average molecular weight is 425 g/mol. The predicted molar refractivity (Wildman–Crippen MR) is 76.8 cm³/mol. The van der Waals surface area contributed by atoms with E-state index in [4.69, 9.17) is 0 Å². The van der Waals surface area contributed by atoms with Crippen molar-refractivity contribution in [1.82, 2.24) is 9.97 Å². The molecule has 2 rings (SSSR count). The van der Waals surface area contributed by atoms with Gasteiger partial charge in [-0.1, -0.05) is 15.9 Å². The fourth-order valence-electron chi connectivity index (χ4n) is 1.51. The van der Waals surface area contributed by atoms with Crippen molar-refractivity contribution < 1.29 is 18.0 Å². The van der Waals surface area contributed by atoms with E-state index in [0.717, 1.165) is 12.1 Å². The molecule has 4 nitrogen and oxygen atoms in total. The number of amides is 1. The van der Waals surface area contributed by atoms with E-state index in [1.807, 2.05) is 0 Å². The highest BCUT2D eigenvalue weighted by molar-refractivity contribution is 9.10. The lowest BCUT2D eigenvalue weighted by atomic mass is 10.1. The van der Waals surface area contributed by atoms with Crippen molar-refractivity contribution in [2.45, 2.75) is 6.18 Å². The van der Waals surface area contributed by atoms with Gasteiger partial charge in [0.1, 0.15) is 4.60 Å². The highest BCUT2D eigenvalue weighted by Gasteiger charge is 2.35. The van der Waals surface area contributed by atoms with Crippen molar-refractivity contribution >= 4 is 43.6 Å². The van der Waals surface area contributed by atoms with Crippen LogP contribution in [0.25, 0.3) is 0 Å². The van der Waals surface area contributed by atoms with Crippen LogP contribution in [0.15, 0.2) is 39.7 Å². The van der Waals surface area contributed by atoms with Crippen molar-refractivity contribution in [1.29, 1.82) is 0 Å². The molecule has 9 heteroatoms. The number of alkyl halides is 3. The Balaban J connectivity index is 2.33. The van der Waals surface area contributed by atoms with Crippen molar-refractivity contribution in [3.8, 4) is 0 Å². The number of carbonyl (C=O) groups is 1. The third-order valence-corrected chi connectivity index (χ3v) is 3.30. The molecule has 1 amide bonds. The van der Waals surface area contributed by atoms with Gasteiger partial charge >= 0.3 is 6.18 Å². The molecule has 110 valence electrons. The summed E-state index contributed by atoms with van der Waals surface area (Å²) in [4.78, 5) is 19.6. The summed E-state index contributed by atoms with van der Waals surface area (Å²) >= 11 is 6.02. The molecule has 0 aliphatic heterocycles. The van der Waals surface area contributed by atoms with Crippen LogP contribution in [0.2, 0.25) is 0 Å². The lowest BCUT2D eigenvalue weighted by Gasteiger charge is -2.13. The van der Waals surface area contributed by atoms with Gasteiger partial charge < -0.3 is 5.32 Å². The molecule has 0 aliphatic rings. The molecule has 21 heavy (non-hydrogen) atoms. The van der Waals surface area contributed by atoms with E-state index in [-0.39, 0.29) is 10.3 Å². The second kappa shape index (κ2) is 6.10. The monoisotopic (exact) mass is 423 g/mol. The van der Waals surface area contributed by atoms with Gasteiger partial charge in [-0.25, -0.2) is 9.97 Å². The minimum atomic E-state index is -4.64. The molecule has 0 saturated heterocycles. The number of nitrogens with one attached hydrogen (secondary N) is 1. The zero-order valence-electron chi connectivity index (χ0n) is 10.1. The number of hydrogen-bond donors (Lipinski definition) is 1. The number of nitrogens with zero attached hydrogens (tertiary/aromatic N) is 2. The zero-order chi connectivity index (χ0) is 15.6. The minimum absolute atomic E-state index is 0.0549. The van der Waals surface area contributed by atoms with E-state index in [1.54, 1.807) is 0 Å². The molecule has 1 aromatic heterocycles. The lowest BCUT2D eigenvalue weighted by molar-refractivity contribution is -0.137. The maximum Gasteiger partial charge on any atom is 0.417 e. The van der Waals surface area contributed by atoms with Gasteiger partial charge in [0, 0.05) is 4.47 Å². The highest BCUT2D eigenvalue weighted by Crippen LogP contribution is 2.34. The van der Waals surface area contributed by atoms with E-state index in [2.05, 4.69) is 47.1 Å². The summed E-state index contributed by atoms with van der Waals surface area (Å²) in [5.41, 5.74) is -1.52.